The average Bonchev–Trinajstić information content (AvgIpc) is 2.76. The lowest BCUT2D eigenvalue weighted by molar-refractivity contribution is 0.574. The SMILES string of the molecule is Fc1ccc(-n2cc3[nH]cnc3n2)c(F)c1. The molecule has 0 fully saturated rings. The monoisotopic (exact) mass is 220 g/mol. The predicted molar refractivity (Wildman–Crippen MR) is 53.1 cm³/mol. The van der Waals surface area contributed by atoms with Gasteiger partial charge in [0.2, 0.25) is 0 Å². The lowest BCUT2D eigenvalue weighted by Gasteiger charge is -2.01. The number of fused-ring (bicyclic) bond motifs is 1. The van der Waals surface area contributed by atoms with Crippen LogP contribution in [-0.2, 0) is 0 Å². The summed E-state index contributed by atoms with van der Waals surface area (Å²) in [5.41, 5.74) is 1.38. The fourth-order valence-electron chi connectivity index (χ4n) is 1.52. The van der Waals surface area contributed by atoms with Crippen molar-refractivity contribution in [3.8, 4) is 5.69 Å². The van der Waals surface area contributed by atoms with E-state index in [0.717, 1.165) is 6.07 Å². The van der Waals surface area contributed by atoms with Gasteiger partial charge in [0.15, 0.2) is 11.5 Å². The van der Waals surface area contributed by atoms with Crippen LogP contribution in [0.4, 0.5) is 8.78 Å². The van der Waals surface area contributed by atoms with Crippen LogP contribution < -0.4 is 0 Å². The first-order chi connectivity index (χ1) is 7.74. The third kappa shape index (κ3) is 1.27. The first-order valence-electron chi connectivity index (χ1n) is 4.58. The highest BCUT2D eigenvalue weighted by Gasteiger charge is 2.09. The van der Waals surface area contributed by atoms with Gasteiger partial charge in [-0.15, -0.1) is 5.10 Å². The predicted octanol–water partition coefficient (Wildman–Crippen LogP) is 2.03. The van der Waals surface area contributed by atoms with Crippen molar-refractivity contribution in [2.75, 3.05) is 0 Å². The minimum absolute atomic E-state index is 0.188. The minimum Gasteiger partial charge on any atom is -0.342 e. The van der Waals surface area contributed by atoms with Crippen LogP contribution >= 0.6 is 0 Å². The number of halogens is 2. The number of aromatic amines is 1. The molecule has 2 aromatic heterocycles. The highest BCUT2D eigenvalue weighted by molar-refractivity contribution is 5.69. The molecule has 0 saturated carbocycles. The first kappa shape index (κ1) is 9.02. The van der Waals surface area contributed by atoms with E-state index >= 15 is 0 Å². The Bertz CT molecular complexity index is 627. The zero-order chi connectivity index (χ0) is 11.1. The molecule has 0 unspecified atom stereocenters. The number of imidazole rings is 1. The van der Waals surface area contributed by atoms with Crippen molar-refractivity contribution in [2.45, 2.75) is 0 Å². The molecule has 0 amide bonds. The second-order valence-electron chi connectivity index (χ2n) is 3.31. The number of benzene rings is 1. The van der Waals surface area contributed by atoms with Crippen LogP contribution in [0.5, 0.6) is 0 Å². The maximum absolute atomic E-state index is 13.4. The summed E-state index contributed by atoms with van der Waals surface area (Å²) in [6.45, 7) is 0. The topological polar surface area (TPSA) is 46.5 Å². The van der Waals surface area contributed by atoms with Gasteiger partial charge in [-0.3, -0.25) is 0 Å². The van der Waals surface area contributed by atoms with E-state index in [9.17, 15) is 8.78 Å². The van der Waals surface area contributed by atoms with Crippen molar-refractivity contribution in [1.29, 1.82) is 0 Å². The normalized spacial score (nSPS) is 11.1. The van der Waals surface area contributed by atoms with E-state index in [2.05, 4.69) is 15.1 Å². The van der Waals surface area contributed by atoms with Gasteiger partial charge in [0.05, 0.1) is 12.5 Å². The lowest BCUT2D eigenvalue weighted by atomic mass is 10.3. The summed E-state index contributed by atoms with van der Waals surface area (Å²) in [7, 11) is 0. The molecule has 0 aliphatic rings. The van der Waals surface area contributed by atoms with Gasteiger partial charge in [0.1, 0.15) is 17.0 Å². The fraction of sp³-hybridized carbons (Fsp3) is 0. The quantitative estimate of drug-likeness (QED) is 0.682. The average molecular weight is 220 g/mol. The van der Waals surface area contributed by atoms with Gasteiger partial charge in [0, 0.05) is 6.07 Å². The molecule has 6 heteroatoms. The minimum atomic E-state index is -0.662. The van der Waals surface area contributed by atoms with Gasteiger partial charge in [-0.05, 0) is 12.1 Å². The van der Waals surface area contributed by atoms with Crippen LogP contribution in [0.15, 0.2) is 30.7 Å². The molecule has 0 aliphatic carbocycles. The van der Waals surface area contributed by atoms with E-state index in [1.54, 1.807) is 6.20 Å². The molecule has 16 heavy (non-hydrogen) atoms. The molecule has 0 radical (unpaired) electrons. The molecule has 0 atom stereocenters. The van der Waals surface area contributed by atoms with Crippen molar-refractivity contribution >= 4 is 11.2 Å². The van der Waals surface area contributed by atoms with Gasteiger partial charge in [0.25, 0.3) is 0 Å². The van der Waals surface area contributed by atoms with Gasteiger partial charge in [-0.2, -0.15) is 0 Å². The van der Waals surface area contributed by atoms with Crippen molar-refractivity contribution in [3.63, 3.8) is 0 Å². The summed E-state index contributed by atoms with van der Waals surface area (Å²) >= 11 is 0. The lowest BCUT2D eigenvalue weighted by Crippen LogP contribution is -1.98. The molecule has 2 heterocycles. The fourth-order valence-corrected chi connectivity index (χ4v) is 1.52. The molecular weight excluding hydrogens is 214 g/mol. The first-order valence-corrected chi connectivity index (χ1v) is 4.58. The zero-order valence-electron chi connectivity index (χ0n) is 7.98. The maximum atomic E-state index is 13.4. The number of H-pyrrole nitrogens is 1. The number of nitrogens with one attached hydrogen (secondary N) is 1. The molecule has 80 valence electrons. The van der Waals surface area contributed by atoms with Crippen molar-refractivity contribution in [2.24, 2.45) is 0 Å². The smallest absolute Gasteiger partial charge is 0.199 e. The van der Waals surface area contributed by atoms with E-state index in [1.165, 1.54) is 23.1 Å². The van der Waals surface area contributed by atoms with Gasteiger partial charge >= 0.3 is 0 Å². The molecule has 3 rings (SSSR count). The second-order valence-corrected chi connectivity index (χ2v) is 3.31. The Hall–Kier alpha value is -2.24. The summed E-state index contributed by atoms with van der Waals surface area (Å²) in [6.07, 6.45) is 3.10. The van der Waals surface area contributed by atoms with Crippen LogP contribution in [-0.4, -0.2) is 19.7 Å². The number of rotatable bonds is 1. The van der Waals surface area contributed by atoms with Crippen molar-refractivity contribution in [3.05, 3.63) is 42.4 Å². The Morgan fingerprint density at radius 3 is 2.88 bits per heavy atom. The van der Waals surface area contributed by atoms with Crippen molar-refractivity contribution < 1.29 is 8.78 Å². The highest BCUT2D eigenvalue weighted by Crippen LogP contribution is 2.16. The maximum Gasteiger partial charge on any atom is 0.199 e. The van der Waals surface area contributed by atoms with E-state index in [1.807, 2.05) is 0 Å². The Balaban J connectivity index is 2.19. The van der Waals surface area contributed by atoms with Gasteiger partial charge in [-0.1, -0.05) is 0 Å². The van der Waals surface area contributed by atoms with E-state index in [-0.39, 0.29) is 5.69 Å². The number of nitrogens with zero attached hydrogens (tertiary/aromatic N) is 3. The summed E-state index contributed by atoms with van der Waals surface area (Å²) in [5.74, 6) is -1.28. The summed E-state index contributed by atoms with van der Waals surface area (Å²) in [5, 5.41) is 4.05. The molecule has 1 aromatic carbocycles. The molecule has 3 aromatic rings. The largest absolute Gasteiger partial charge is 0.342 e. The van der Waals surface area contributed by atoms with Crippen LogP contribution in [0, 0.1) is 11.6 Å². The molecule has 0 aliphatic heterocycles. The van der Waals surface area contributed by atoms with E-state index in [4.69, 9.17) is 0 Å². The highest BCUT2D eigenvalue weighted by atomic mass is 19.1. The molecule has 1 N–H and O–H groups in total. The summed E-state index contributed by atoms with van der Waals surface area (Å²) in [4.78, 5) is 6.78. The third-order valence-corrected chi connectivity index (χ3v) is 2.26. The Kier molecular flexibility index (Phi) is 1.76. The van der Waals surface area contributed by atoms with Crippen molar-refractivity contribution in [1.82, 2.24) is 19.7 Å². The Labute approximate surface area is 88.5 Å². The Morgan fingerprint density at radius 1 is 1.25 bits per heavy atom. The number of hydrogen-bond donors (Lipinski definition) is 1. The molecular formula is C10H6F2N4. The van der Waals surface area contributed by atoms with Gasteiger partial charge in [-0.25, -0.2) is 18.4 Å². The van der Waals surface area contributed by atoms with Crippen LogP contribution in [0.1, 0.15) is 0 Å². The summed E-state index contributed by atoms with van der Waals surface area (Å²) < 4.78 is 27.5. The third-order valence-electron chi connectivity index (χ3n) is 2.26. The molecule has 0 saturated heterocycles. The standard InChI is InChI=1S/C10H6F2N4/c11-6-1-2-9(7(12)3-6)16-4-8-10(15-16)14-5-13-8/h1-5H,(H,13,14,15). The van der Waals surface area contributed by atoms with E-state index < -0.39 is 11.6 Å². The number of hydrogen-bond acceptors (Lipinski definition) is 2. The van der Waals surface area contributed by atoms with Crippen LogP contribution in [0.25, 0.3) is 16.9 Å². The van der Waals surface area contributed by atoms with Crippen LogP contribution in [0.3, 0.4) is 0 Å². The number of aromatic nitrogens is 4. The van der Waals surface area contributed by atoms with E-state index in [0.29, 0.717) is 11.2 Å². The zero-order valence-corrected chi connectivity index (χ0v) is 7.98. The second kappa shape index (κ2) is 3.13. The van der Waals surface area contributed by atoms with Gasteiger partial charge < -0.3 is 4.98 Å². The Morgan fingerprint density at radius 2 is 2.12 bits per heavy atom. The molecule has 0 bridgehead atoms. The molecule has 4 nitrogen and oxygen atoms in total. The summed E-state index contributed by atoms with van der Waals surface area (Å²) in [6, 6.07) is 3.33. The van der Waals surface area contributed by atoms with Crippen LogP contribution in [0.2, 0.25) is 0 Å². The molecule has 0 spiro atoms.